The highest BCUT2D eigenvalue weighted by molar-refractivity contribution is 14.0. The van der Waals surface area contributed by atoms with Crippen LogP contribution in [0.25, 0.3) is 0 Å². The second kappa shape index (κ2) is 9.76. The molecule has 2 aromatic rings. The molecule has 2 aromatic carbocycles. The molecule has 0 aliphatic heterocycles. The van der Waals surface area contributed by atoms with Crippen molar-refractivity contribution in [1.29, 1.82) is 0 Å². The Morgan fingerprint density at radius 2 is 1.96 bits per heavy atom. The number of hydrogen-bond acceptors (Lipinski definition) is 3. The Balaban J connectivity index is 0.00000288. The standard InChI is InChI=1S/C17H20N4O2.HI/c1-19-16(22)13-6-3-5-12(9-13)11-20-17(18)21-14-7-4-8-15(10-14)23-2;/h3-10H,11H2,1-2H3,(H,19,22)(H3,18,20,21);1H. The molecule has 7 heteroatoms. The first-order valence-corrected chi connectivity index (χ1v) is 7.14. The van der Waals surface area contributed by atoms with Crippen LogP contribution in [-0.2, 0) is 6.54 Å². The van der Waals surface area contributed by atoms with E-state index in [9.17, 15) is 4.79 Å². The summed E-state index contributed by atoms with van der Waals surface area (Å²) >= 11 is 0. The van der Waals surface area contributed by atoms with Gasteiger partial charge in [0.2, 0.25) is 0 Å². The van der Waals surface area contributed by atoms with Crippen LogP contribution in [0.3, 0.4) is 0 Å². The third-order valence-electron chi connectivity index (χ3n) is 3.19. The van der Waals surface area contributed by atoms with E-state index in [1.807, 2.05) is 36.4 Å². The van der Waals surface area contributed by atoms with Gasteiger partial charge in [-0.15, -0.1) is 24.0 Å². The van der Waals surface area contributed by atoms with Crippen molar-refractivity contribution in [3.8, 4) is 5.75 Å². The highest BCUT2D eigenvalue weighted by atomic mass is 127. The van der Waals surface area contributed by atoms with Crippen LogP contribution in [0.4, 0.5) is 5.69 Å². The normalized spacial score (nSPS) is 10.5. The summed E-state index contributed by atoms with van der Waals surface area (Å²) in [5.41, 5.74) is 8.18. The molecule has 2 rings (SSSR count). The summed E-state index contributed by atoms with van der Waals surface area (Å²) in [6.07, 6.45) is 0. The number of hydrogen-bond donors (Lipinski definition) is 3. The molecule has 0 atom stereocenters. The van der Waals surface area contributed by atoms with Crippen molar-refractivity contribution >= 4 is 41.5 Å². The third-order valence-corrected chi connectivity index (χ3v) is 3.19. The van der Waals surface area contributed by atoms with Gasteiger partial charge in [-0.2, -0.15) is 0 Å². The first kappa shape index (κ1) is 19.8. The molecule has 128 valence electrons. The lowest BCUT2D eigenvalue weighted by Crippen LogP contribution is -2.22. The summed E-state index contributed by atoms with van der Waals surface area (Å²) in [5, 5.41) is 5.60. The molecule has 0 saturated carbocycles. The number of guanidine groups is 1. The number of ether oxygens (including phenoxy) is 1. The number of halogens is 1. The molecule has 0 bridgehead atoms. The van der Waals surface area contributed by atoms with Crippen LogP contribution in [0.15, 0.2) is 53.5 Å². The maximum absolute atomic E-state index is 11.6. The second-order valence-corrected chi connectivity index (χ2v) is 4.84. The van der Waals surface area contributed by atoms with Crippen LogP contribution in [-0.4, -0.2) is 26.0 Å². The van der Waals surface area contributed by atoms with Crippen LogP contribution in [0, 0.1) is 0 Å². The van der Waals surface area contributed by atoms with E-state index in [4.69, 9.17) is 10.5 Å². The Morgan fingerprint density at radius 3 is 2.67 bits per heavy atom. The largest absolute Gasteiger partial charge is 0.497 e. The molecule has 0 aliphatic rings. The average molecular weight is 440 g/mol. The van der Waals surface area contributed by atoms with Gasteiger partial charge in [0.25, 0.3) is 5.91 Å². The Labute approximate surface area is 158 Å². The number of aliphatic imine (C=N–C) groups is 1. The first-order chi connectivity index (χ1) is 11.1. The van der Waals surface area contributed by atoms with E-state index in [1.54, 1.807) is 26.3 Å². The minimum absolute atomic E-state index is 0. The Morgan fingerprint density at radius 1 is 1.21 bits per heavy atom. The maximum atomic E-state index is 11.6. The van der Waals surface area contributed by atoms with E-state index >= 15 is 0 Å². The molecule has 0 spiro atoms. The van der Waals surface area contributed by atoms with Gasteiger partial charge in [0.05, 0.1) is 13.7 Å². The summed E-state index contributed by atoms with van der Waals surface area (Å²) in [6, 6.07) is 14.7. The van der Waals surface area contributed by atoms with Gasteiger partial charge >= 0.3 is 0 Å². The topological polar surface area (TPSA) is 88.7 Å². The number of nitrogens with zero attached hydrogens (tertiary/aromatic N) is 1. The highest BCUT2D eigenvalue weighted by Crippen LogP contribution is 2.16. The summed E-state index contributed by atoms with van der Waals surface area (Å²) in [5.74, 6) is 0.906. The average Bonchev–Trinajstić information content (AvgIpc) is 2.59. The van der Waals surface area contributed by atoms with Gasteiger partial charge in [-0.3, -0.25) is 4.79 Å². The van der Waals surface area contributed by atoms with Crippen LogP contribution in [0.2, 0.25) is 0 Å². The van der Waals surface area contributed by atoms with E-state index in [0.29, 0.717) is 18.1 Å². The smallest absolute Gasteiger partial charge is 0.251 e. The van der Waals surface area contributed by atoms with Crippen molar-refractivity contribution in [2.75, 3.05) is 19.5 Å². The van der Waals surface area contributed by atoms with Gasteiger partial charge in [0, 0.05) is 24.4 Å². The number of anilines is 1. The monoisotopic (exact) mass is 440 g/mol. The zero-order valence-corrected chi connectivity index (χ0v) is 15.9. The van der Waals surface area contributed by atoms with Gasteiger partial charge in [-0.25, -0.2) is 4.99 Å². The number of benzene rings is 2. The fourth-order valence-corrected chi connectivity index (χ4v) is 2.02. The number of rotatable bonds is 5. The molecule has 0 radical (unpaired) electrons. The van der Waals surface area contributed by atoms with Crippen molar-refractivity contribution in [2.24, 2.45) is 10.7 Å². The van der Waals surface area contributed by atoms with E-state index in [-0.39, 0.29) is 29.9 Å². The van der Waals surface area contributed by atoms with Crippen molar-refractivity contribution in [2.45, 2.75) is 6.54 Å². The van der Waals surface area contributed by atoms with Crippen molar-refractivity contribution in [3.63, 3.8) is 0 Å². The number of nitrogens with one attached hydrogen (secondary N) is 2. The molecule has 1 amide bonds. The third kappa shape index (κ3) is 5.73. The van der Waals surface area contributed by atoms with Gasteiger partial charge in [-0.1, -0.05) is 18.2 Å². The second-order valence-electron chi connectivity index (χ2n) is 4.84. The first-order valence-electron chi connectivity index (χ1n) is 7.14. The van der Waals surface area contributed by atoms with Gasteiger partial charge < -0.3 is 21.1 Å². The fraction of sp³-hybridized carbons (Fsp3) is 0.176. The molecular weight excluding hydrogens is 419 g/mol. The Bertz CT molecular complexity index is 719. The summed E-state index contributed by atoms with van der Waals surface area (Å²) in [6.45, 7) is 0.383. The van der Waals surface area contributed by atoms with Crippen LogP contribution in [0.5, 0.6) is 5.75 Å². The molecule has 6 nitrogen and oxygen atoms in total. The van der Waals surface area contributed by atoms with Crippen molar-refractivity contribution in [1.82, 2.24) is 5.32 Å². The number of nitrogens with two attached hydrogens (primary N) is 1. The van der Waals surface area contributed by atoms with E-state index in [1.165, 1.54) is 0 Å². The van der Waals surface area contributed by atoms with Crippen LogP contribution < -0.4 is 21.1 Å². The lowest BCUT2D eigenvalue weighted by atomic mass is 10.1. The quantitative estimate of drug-likeness (QED) is 0.379. The van der Waals surface area contributed by atoms with Crippen LogP contribution >= 0.6 is 24.0 Å². The van der Waals surface area contributed by atoms with E-state index in [0.717, 1.165) is 17.0 Å². The maximum Gasteiger partial charge on any atom is 0.251 e. The van der Waals surface area contributed by atoms with Crippen molar-refractivity contribution < 1.29 is 9.53 Å². The lowest BCUT2D eigenvalue weighted by molar-refractivity contribution is 0.0963. The summed E-state index contributed by atoms with van der Waals surface area (Å²) < 4.78 is 5.15. The van der Waals surface area contributed by atoms with E-state index < -0.39 is 0 Å². The van der Waals surface area contributed by atoms with Gasteiger partial charge in [0.1, 0.15) is 5.75 Å². The Hall–Kier alpha value is -2.29. The molecule has 0 fully saturated rings. The number of carbonyl (C=O) groups excluding carboxylic acids is 1. The van der Waals surface area contributed by atoms with Gasteiger partial charge in [0.15, 0.2) is 5.96 Å². The fourth-order valence-electron chi connectivity index (χ4n) is 2.02. The highest BCUT2D eigenvalue weighted by Gasteiger charge is 2.03. The molecule has 0 unspecified atom stereocenters. The number of amides is 1. The van der Waals surface area contributed by atoms with E-state index in [2.05, 4.69) is 15.6 Å². The predicted molar refractivity (Wildman–Crippen MR) is 107 cm³/mol. The van der Waals surface area contributed by atoms with Crippen LogP contribution in [0.1, 0.15) is 15.9 Å². The Kier molecular flexibility index (Phi) is 8.03. The number of methoxy groups -OCH3 is 1. The molecule has 0 saturated heterocycles. The predicted octanol–water partition coefficient (Wildman–Crippen LogP) is 2.60. The van der Waals surface area contributed by atoms with Gasteiger partial charge in [-0.05, 0) is 29.8 Å². The molecular formula is C17H21IN4O2. The SMILES string of the molecule is CNC(=O)c1cccc(CN=C(N)Nc2cccc(OC)c2)c1.I. The number of carbonyl (C=O) groups is 1. The summed E-state index contributed by atoms with van der Waals surface area (Å²) in [4.78, 5) is 15.9. The molecule has 4 N–H and O–H groups in total. The molecule has 0 aliphatic carbocycles. The van der Waals surface area contributed by atoms with Crippen molar-refractivity contribution in [3.05, 3.63) is 59.7 Å². The minimum atomic E-state index is -0.127. The lowest BCUT2D eigenvalue weighted by Gasteiger charge is -2.07. The molecule has 24 heavy (non-hydrogen) atoms. The zero-order valence-electron chi connectivity index (χ0n) is 13.6. The molecule has 0 heterocycles. The zero-order chi connectivity index (χ0) is 16.7. The summed E-state index contributed by atoms with van der Waals surface area (Å²) in [7, 11) is 3.21. The molecule has 0 aromatic heterocycles. The minimum Gasteiger partial charge on any atom is -0.497 e.